The van der Waals surface area contributed by atoms with E-state index in [2.05, 4.69) is 0 Å². The van der Waals surface area contributed by atoms with Gasteiger partial charge in [0.2, 0.25) is 5.79 Å². The molecule has 0 spiro atoms. The van der Waals surface area contributed by atoms with Crippen LogP contribution in [0.5, 0.6) is 0 Å². The molecule has 69 heavy (non-hydrogen) atoms. The van der Waals surface area contributed by atoms with E-state index < -0.39 is 203 Å². The number of methoxy groups -OCH3 is 1. The standard InChI is InChI=1S/C40H64O29/c1-13-16(7-41)64-38(40(4,55)33(13)54)68-30-17(8-42)61-34(56-5)27(53)31(30)66-37-32(22(48)21(47)18(62-37)9-58-14(2)44)67-35-25(51)23(49)28(15(60-35)6-20(45)46)65-36-26(52)24(50)29-19(63-36)10-59-39(3,69-29)11-57-12-43/h12-13,15-19,21-38,41-42,47-55H,6-11H2,1-5H3,(H,45,46)/p-1/t13-,15?,16?,17?,18?,19?,21+,22+,23-,24-,25?,26?,27?,28+,29+,30-,31+,32?,33+,34+,35-,36-,37-,38-,39?,40?/m0/s1. The van der Waals surface area contributed by atoms with Crippen molar-refractivity contribution >= 4 is 18.4 Å². The third-order valence-electron chi connectivity index (χ3n) is 12.9. The molecule has 11 N–H and O–H groups in total. The van der Waals surface area contributed by atoms with Gasteiger partial charge in [0.1, 0.15) is 110 Å². The average molecular weight is 1010 g/mol. The normalized spacial score (nSPS) is 49.3. The third kappa shape index (κ3) is 12.0. The van der Waals surface area contributed by atoms with Crippen LogP contribution in [0, 0.1) is 5.92 Å². The molecule has 0 radical (unpaired) electrons. The fraction of sp³-hybridized carbons (Fsp3) is 0.925. The minimum atomic E-state index is -2.27. The Morgan fingerprint density at radius 3 is 1.91 bits per heavy atom. The average Bonchev–Trinajstić information content (AvgIpc) is 3.30. The van der Waals surface area contributed by atoms with Crippen LogP contribution in [0.3, 0.4) is 0 Å². The number of ether oxygens (including phenoxy) is 14. The highest BCUT2D eigenvalue weighted by Gasteiger charge is 2.59. The molecule has 11 unspecified atom stereocenters. The van der Waals surface area contributed by atoms with Crippen LogP contribution in [0.4, 0.5) is 0 Å². The smallest absolute Gasteiger partial charge is 0.302 e. The molecule has 29 heteroatoms. The minimum Gasteiger partial charge on any atom is -0.550 e. The molecule has 6 saturated heterocycles. The molecule has 0 amide bonds. The maximum absolute atomic E-state index is 12.1. The largest absolute Gasteiger partial charge is 0.550 e. The predicted octanol–water partition coefficient (Wildman–Crippen LogP) is -8.94. The molecule has 29 nitrogen and oxygen atoms in total. The maximum Gasteiger partial charge on any atom is 0.302 e. The van der Waals surface area contributed by atoms with Crippen LogP contribution in [0.25, 0.3) is 0 Å². The molecule has 6 heterocycles. The second-order valence-corrected chi connectivity index (χ2v) is 18.0. The molecular weight excluding hydrogens is 944 g/mol. The summed E-state index contributed by atoms with van der Waals surface area (Å²) in [7, 11) is 1.12. The number of hydrogen-bond donors (Lipinski definition) is 11. The molecule has 0 aliphatic carbocycles. The van der Waals surface area contributed by atoms with Gasteiger partial charge in [-0.15, -0.1) is 0 Å². The summed E-state index contributed by atoms with van der Waals surface area (Å²) in [5.74, 6) is -5.03. The van der Waals surface area contributed by atoms with E-state index in [1.807, 2.05) is 0 Å². The van der Waals surface area contributed by atoms with Crippen LogP contribution in [-0.2, 0) is 80.7 Å². The van der Waals surface area contributed by atoms with Crippen molar-refractivity contribution in [2.75, 3.05) is 40.1 Å². The van der Waals surface area contributed by atoms with Crippen LogP contribution < -0.4 is 5.11 Å². The highest BCUT2D eigenvalue weighted by Crippen LogP contribution is 2.40. The van der Waals surface area contributed by atoms with Crippen molar-refractivity contribution in [2.45, 2.75) is 187 Å². The number of aliphatic carboxylic acids is 1. The summed E-state index contributed by atoms with van der Waals surface area (Å²) in [6.07, 6.45) is -42.8. The summed E-state index contributed by atoms with van der Waals surface area (Å²) in [6.45, 7) is 2.26. The molecule has 0 aromatic rings. The molecule has 0 aromatic heterocycles. The van der Waals surface area contributed by atoms with Crippen LogP contribution in [0.1, 0.15) is 34.1 Å². The van der Waals surface area contributed by atoms with Crippen molar-refractivity contribution in [3.05, 3.63) is 0 Å². The number of aliphatic hydroxyl groups excluding tert-OH is 10. The highest BCUT2D eigenvalue weighted by molar-refractivity contribution is 5.66. The van der Waals surface area contributed by atoms with Crippen LogP contribution in [0.2, 0.25) is 0 Å². The quantitative estimate of drug-likeness (QED) is 0.0449. The number of fused-ring (bicyclic) bond motifs is 1. The molecule has 0 bridgehead atoms. The van der Waals surface area contributed by atoms with E-state index in [-0.39, 0.29) is 13.1 Å². The Hall–Kier alpha value is -2.51. The van der Waals surface area contributed by atoms with Gasteiger partial charge < -0.3 is 132 Å². The lowest BCUT2D eigenvalue weighted by Crippen LogP contribution is -2.69. The molecule has 6 fully saturated rings. The number of carbonyl (C=O) groups excluding carboxylic acids is 3. The Kier molecular flexibility index (Phi) is 18.7. The van der Waals surface area contributed by atoms with E-state index in [9.17, 15) is 75.7 Å². The summed E-state index contributed by atoms with van der Waals surface area (Å²) in [5.41, 5.74) is -2.22. The summed E-state index contributed by atoms with van der Waals surface area (Å²) < 4.78 is 79.3. The maximum atomic E-state index is 12.1. The zero-order valence-electron chi connectivity index (χ0n) is 37.9. The van der Waals surface area contributed by atoms with Gasteiger partial charge in [0.05, 0.1) is 38.1 Å². The van der Waals surface area contributed by atoms with Crippen LogP contribution >= 0.6 is 0 Å². The Labute approximate surface area is 393 Å². The zero-order valence-corrected chi connectivity index (χ0v) is 37.9. The second-order valence-electron chi connectivity index (χ2n) is 18.0. The van der Waals surface area contributed by atoms with E-state index in [1.165, 1.54) is 13.8 Å². The van der Waals surface area contributed by atoms with Gasteiger partial charge in [-0.25, -0.2) is 0 Å². The molecule has 0 aromatic carbocycles. The van der Waals surface area contributed by atoms with Gasteiger partial charge in [0.15, 0.2) is 31.5 Å². The number of esters is 1. The summed E-state index contributed by atoms with van der Waals surface area (Å²) >= 11 is 0. The number of carboxylic acid groups (broad SMARTS) is 1. The molecule has 398 valence electrons. The Bertz CT molecular complexity index is 1690. The summed E-state index contributed by atoms with van der Waals surface area (Å²) in [5, 5.41) is 135. The van der Waals surface area contributed by atoms with Crippen LogP contribution in [0.15, 0.2) is 0 Å². The zero-order chi connectivity index (χ0) is 50.9. The van der Waals surface area contributed by atoms with Gasteiger partial charge in [-0.2, -0.15) is 0 Å². The lowest BCUT2D eigenvalue weighted by atomic mass is 9.82. The van der Waals surface area contributed by atoms with Crippen molar-refractivity contribution in [1.82, 2.24) is 0 Å². The van der Waals surface area contributed by atoms with Crippen molar-refractivity contribution < 1.29 is 142 Å². The number of carboxylic acids is 1. The number of hydrogen-bond acceptors (Lipinski definition) is 29. The molecule has 6 rings (SSSR count). The lowest BCUT2D eigenvalue weighted by Gasteiger charge is -2.52. The summed E-state index contributed by atoms with van der Waals surface area (Å²) in [6, 6.07) is 0. The molecule has 26 atom stereocenters. The molecular formula is C40H63O29-. The van der Waals surface area contributed by atoms with E-state index in [1.54, 1.807) is 0 Å². The summed E-state index contributed by atoms with van der Waals surface area (Å²) in [4.78, 5) is 34.6. The van der Waals surface area contributed by atoms with Gasteiger partial charge in [-0.05, 0) is 13.8 Å². The van der Waals surface area contributed by atoms with Crippen LogP contribution in [-0.4, -0.2) is 267 Å². The van der Waals surface area contributed by atoms with Crippen molar-refractivity contribution in [1.29, 1.82) is 0 Å². The SMILES string of the molecule is CO[C@@H]1OC(CO)[C@H](O[C@@H]2OC(CO)[C@H](C)[C@@H](O)C2(C)O)[C@H](O[C@@H]2OC(COC(C)=O)[C@@H](O)[C@@H](O)C2O[C@@H]2OC(CC(=O)[O-])[C@@H](O[C@@H]3OC4COC(C)(COC=O)O[C@H]4[C@@H](O)C3O)[C@@H](O)C2O)C1O. The number of carbonyl (C=O) groups is 3. The third-order valence-corrected chi connectivity index (χ3v) is 12.9. The molecule has 0 saturated carbocycles. The fourth-order valence-electron chi connectivity index (χ4n) is 8.99. The number of rotatable bonds is 18. The van der Waals surface area contributed by atoms with E-state index in [0.717, 1.165) is 21.0 Å². The van der Waals surface area contributed by atoms with E-state index in [4.69, 9.17) is 66.3 Å². The fourth-order valence-corrected chi connectivity index (χ4v) is 8.99. The Morgan fingerprint density at radius 1 is 0.696 bits per heavy atom. The van der Waals surface area contributed by atoms with Gasteiger partial charge in [-0.1, -0.05) is 6.92 Å². The number of aliphatic hydroxyl groups is 11. The van der Waals surface area contributed by atoms with Gasteiger partial charge in [-0.3, -0.25) is 9.59 Å². The first-order chi connectivity index (χ1) is 32.5. The Morgan fingerprint density at radius 2 is 1.29 bits per heavy atom. The highest BCUT2D eigenvalue weighted by atomic mass is 16.8. The predicted molar refractivity (Wildman–Crippen MR) is 209 cm³/mol. The second kappa shape index (κ2) is 23.1. The van der Waals surface area contributed by atoms with Crippen molar-refractivity contribution in [3.8, 4) is 0 Å². The molecule has 6 aliphatic heterocycles. The first-order valence-corrected chi connectivity index (χ1v) is 22.0. The van der Waals surface area contributed by atoms with Crippen molar-refractivity contribution in [3.63, 3.8) is 0 Å². The Balaban J connectivity index is 1.27. The first-order valence-electron chi connectivity index (χ1n) is 22.0. The van der Waals surface area contributed by atoms with Gasteiger partial charge in [0, 0.05) is 32.3 Å². The van der Waals surface area contributed by atoms with E-state index in [0.29, 0.717) is 0 Å². The topological polar surface area (TPSA) is 426 Å². The molecule has 6 aliphatic rings. The van der Waals surface area contributed by atoms with E-state index >= 15 is 0 Å². The lowest BCUT2D eigenvalue weighted by molar-refractivity contribution is -0.415. The van der Waals surface area contributed by atoms with Crippen molar-refractivity contribution in [2.24, 2.45) is 5.92 Å². The minimum absolute atomic E-state index is 0.143. The first kappa shape index (κ1) is 55.8. The van der Waals surface area contributed by atoms with Gasteiger partial charge in [0.25, 0.3) is 6.47 Å². The van der Waals surface area contributed by atoms with Gasteiger partial charge >= 0.3 is 5.97 Å². The monoisotopic (exact) mass is 1010 g/mol.